The van der Waals surface area contributed by atoms with Crippen molar-refractivity contribution in [2.24, 2.45) is 0 Å². The highest BCUT2D eigenvalue weighted by Gasteiger charge is 2.29. The van der Waals surface area contributed by atoms with Crippen LogP contribution in [0.4, 0.5) is 5.69 Å². The number of hydrogen-bond donors (Lipinski definition) is 1. The summed E-state index contributed by atoms with van der Waals surface area (Å²) in [5, 5.41) is 3.45. The zero-order chi connectivity index (χ0) is 24.8. The van der Waals surface area contributed by atoms with Gasteiger partial charge in [-0.3, -0.25) is 9.10 Å². The molecule has 0 spiro atoms. The monoisotopic (exact) mass is 504 g/mol. The molecule has 0 aliphatic rings. The molecule has 35 heavy (non-hydrogen) atoms. The van der Waals surface area contributed by atoms with Crippen LogP contribution >= 0.6 is 11.6 Å². The van der Waals surface area contributed by atoms with Crippen molar-refractivity contribution in [2.45, 2.75) is 17.9 Å². The molecular formula is C28H25ClN2O3S. The minimum absolute atomic E-state index is 0.0924. The predicted molar refractivity (Wildman–Crippen MR) is 140 cm³/mol. The van der Waals surface area contributed by atoms with E-state index in [-0.39, 0.29) is 4.90 Å². The summed E-state index contributed by atoms with van der Waals surface area (Å²) in [4.78, 5) is 13.5. The molecular weight excluding hydrogens is 480 g/mol. The lowest BCUT2D eigenvalue weighted by Crippen LogP contribution is -2.42. The summed E-state index contributed by atoms with van der Waals surface area (Å²) in [6.45, 7) is 1.33. The van der Waals surface area contributed by atoms with Gasteiger partial charge in [0.25, 0.3) is 10.0 Å². The summed E-state index contributed by atoms with van der Waals surface area (Å²) in [7, 11) is -4.04. The van der Waals surface area contributed by atoms with Crippen LogP contribution < -0.4 is 9.62 Å². The first kappa shape index (κ1) is 24.5. The molecule has 1 N–H and O–H groups in total. The molecule has 0 saturated heterocycles. The third-order valence-corrected chi connectivity index (χ3v) is 7.88. The first-order chi connectivity index (χ1) is 16.9. The summed E-state index contributed by atoms with van der Waals surface area (Å²) in [6, 6.07) is 31.8. The highest BCUT2D eigenvalue weighted by molar-refractivity contribution is 7.92. The summed E-state index contributed by atoms with van der Waals surface area (Å²) < 4.78 is 28.4. The molecule has 0 heterocycles. The first-order valence-corrected chi connectivity index (χ1v) is 12.9. The Morgan fingerprint density at radius 3 is 1.86 bits per heavy atom. The number of rotatable bonds is 8. The first-order valence-electron chi connectivity index (χ1n) is 11.1. The maximum atomic E-state index is 13.7. The fraction of sp³-hybridized carbons (Fsp3) is 0.107. The van der Waals surface area contributed by atoms with Crippen molar-refractivity contribution in [1.82, 2.24) is 5.32 Å². The van der Waals surface area contributed by atoms with Gasteiger partial charge < -0.3 is 5.32 Å². The maximum absolute atomic E-state index is 13.7. The topological polar surface area (TPSA) is 66.5 Å². The van der Waals surface area contributed by atoms with Crippen LogP contribution in [0.1, 0.15) is 22.7 Å². The molecule has 0 atom stereocenters. The molecule has 0 fully saturated rings. The summed E-state index contributed by atoms with van der Waals surface area (Å²) in [5.74, 6) is -0.443. The Morgan fingerprint density at radius 2 is 1.31 bits per heavy atom. The second-order valence-corrected chi connectivity index (χ2v) is 10.3. The Hall–Kier alpha value is -3.61. The minimum Gasteiger partial charge on any atom is -0.344 e. The molecule has 178 valence electrons. The molecule has 1 amide bonds. The second-order valence-electron chi connectivity index (χ2n) is 8.03. The smallest absolute Gasteiger partial charge is 0.264 e. The number of sulfonamides is 1. The third-order valence-electron chi connectivity index (χ3n) is 5.70. The van der Waals surface area contributed by atoms with E-state index in [0.717, 1.165) is 15.4 Å². The van der Waals surface area contributed by atoms with E-state index in [9.17, 15) is 13.2 Å². The number of benzene rings is 4. The number of halogens is 1. The van der Waals surface area contributed by atoms with Gasteiger partial charge in [0.05, 0.1) is 16.6 Å². The number of hydrogen-bond acceptors (Lipinski definition) is 3. The molecule has 0 radical (unpaired) electrons. The number of nitrogens with one attached hydrogen (secondary N) is 1. The molecule has 0 aliphatic carbocycles. The number of carbonyl (C=O) groups excluding carboxylic acids is 1. The molecule has 7 heteroatoms. The molecule has 4 aromatic carbocycles. The van der Waals surface area contributed by atoms with Crippen molar-refractivity contribution in [3.63, 3.8) is 0 Å². The third kappa shape index (κ3) is 5.56. The van der Waals surface area contributed by atoms with E-state index in [4.69, 9.17) is 11.6 Å². The predicted octanol–water partition coefficient (Wildman–Crippen LogP) is 5.75. The van der Waals surface area contributed by atoms with Crippen LogP contribution in [0, 0.1) is 6.92 Å². The lowest BCUT2D eigenvalue weighted by Gasteiger charge is -2.27. The molecule has 4 aromatic rings. The average molecular weight is 505 g/mol. The molecule has 0 bridgehead atoms. The van der Waals surface area contributed by atoms with Crippen molar-refractivity contribution in [3.05, 3.63) is 131 Å². The van der Waals surface area contributed by atoms with Crippen molar-refractivity contribution < 1.29 is 13.2 Å². The van der Waals surface area contributed by atoms with E-state index >= 15 is 0 Å². The van der Waals surface area contributed by atoms with Crippen molar-refractivity contribution >= 4 is 33.2 Å². The fourth-order valence-electron chi connectivity index (χ4n) is 3.87. The van der Waals surface area contributed by atoms with Gasteiger partial charge in [0, 0.05) is 5.02 Å². The van der Waals surface area contributed by atoms with Crippen molar-refractivity contribution in [1.29, 1.82) is 0 Å². The van der Waals surface area contributed by atoms with E-state index in [1.807, 2.05) is 60.7 Å². The van der Waals surface area contributed by atoms with Crippen LogP contribution in [0.5, 0.6) is 0 Å². The highest BCUT2D eigenvalue weighted by Crippen LogP contribution is 2.31. The van der Waals surface area contributed by atoms with Crippen LogP contribution in [-0.2, 0) is 14.8 Å². The summed E-state index contributed by atoms with van der Waals surface area (Å²) >= 11 is 6.31. The van der Waals surface area contributed by atoms with Gasteiger partial charge in [0.15, 0.2) is 0 Å². The Balaban J connectivity index is 1.71. The Bertz CT molecular complexity index is 1360. The Kier molecular flexibility index (Phi) is 7.54. The maximum Gasteiger partial charge on any atom is 0.264 e. The van der Waals surface area contributed by atoms with Gasteiger partial charge in [-0.2, -0.15) is 0 Å². The summed E-state index contributed by atoms with van der Waals surface area (Å²) in [6.07, 6.45) is 0. The highest BCUT2D eigenvalue weighted by atomic mass is 35.5. The standard InChI is InChI=1S/C28H25ClN2O3S/c1-21-25(29)18-11-19-26(21)31(35(33,34)24-16-9-4-10-17-24)20-27(32)30-28(22-12-5-2-6-13-22)23-14-7-3-8-15-23/h2-19,28H,20H2,1H3,(H,30,32). The van der Waals surface area contributed by atoms with Crippen LogP contribution in [0.2, 0.25) is 5.02 Å². The van der Waals surface area contributed by atoms with Gasteiger partial charge in [-0.05, 0) is 47.9 Å². The second kappa shape index (κ2) is 10.8. The molecule has 5 nitrogen and oxygen atoms in total. The SMILES string of the molecule is Cc1c(Cl)cccc1N(CC(=O)NC(c1ccccc1)c1ccccc1)S(=O)(=O)c1ccccc1. The average Bonchev–Trinajstić information content (AvgIpc) is 2.89. The summed E-state index contributed by atoms with van der Waals surface area (Å²) in [5.41, 5.74) is 2.71. The van der Waals surface area contributed by atoms with Gasteiger partial charge >= 0.3 is 0 Å². The van der Waals surface area contributed by atoms with E-state index in [1.165, 1.54) is 12.1 Å². The quantitative estimate of drug-likeness (QED) is 0.332. The van der Waals surface area contributed by atoms with Gasteiger partial charge in [0.1, 0.15) is 6.54 Å². The molecule has 0 aromatic heterocycles. The largest absolute Gasteiger partial charge is 0.344 e. The van der Waals surface area contributed by atoms with Gasteiger partial charge in [0.2, 0.25) is 5.91 Å². The van der Waals surface area contributed by atoms with E-state index in [2.05, 4.69) is 5.32 Å². The normalized spacial score (nSPS) is 11.3. The Morgan fingerprint density at radius 1 is 0.800 bits per heavy atom. The lowest BCUT2D eigenvalue weighted by atomic mass is 9.99. The molecule has 4 rings (SSSR count). The number of anilines is 1. The molecule has 0 unspecified atom stereocenters. The molecule has 0 aliphatic heterocycles. The van der Waals surface area contributed by atoms with E-state index in [1.54, 1.807) is 43.3 Å². The Labute approximate surface area is 211 Å². The van der Waals surface area contributed by atoms with Gasteiger partial charge in [-0.15, -0.1) is 0 Å². The van der Waals surface area contributed by atoms with Crippen molar-refractivity contribution in [3.8, 4) is 0 Å². The van der Waals surface area contributed by atoms with Crippen LogP contribution in [0.15, 0.2) is 114 Å². The van der Waals surface area contributed by atoms with E-state index in [0.29, 0.717) is 16.3 Å². The van der Waals surface area contributed by atoms with Crippen LogP contribution in [0.3, 0.4) is 0 Å². The van der Waals surface area contributed by atoms with Gasteiger partial charge in [-0.1, -0.05) is 96.5 Å². The molecule has 0 saturated carbocycles. The van der Waals surface area contributed by atoms with E-state index < -0.39 is 28.5 Å². The zero-order valence-corrected chi connectivity index (χ0v) is 20.7. The van der Waals surface area contributed by atoms with Crippen molar-refractivity contribution in [2.75, 3.05) is 10.8 Å². The minimum atomic E-state index is -4.04. The number of amides is 1. The van der Waals surface area contributed by atoms with Crippen LogP contribution in [0.25, 0.3) is 0 Å². The lowest BCUT2D eigenvalue weighted by molar-refractivity contribution is -0.120. The number of nitrogens with zero attached hydrogens (tertiary/aromatic N) is 1. The van der Waals surface area contributed by atoms with Crippen LogP contribution in [-0.4, -0.2) is 20.9 Å². The fourth-order valence-corrected chi connectivity index (χ4v) is 5.54. The number of carbonyl (C=O) groups is 1. The van der Waals surface area contributed by atoms with Gasteiger partial charge in [-0.25, -0.2) is 8.42 Å². The zero-order valence-electron chi connectivity index (χ0n) is 19.1.